The van der Waals surface area contributed by atoms with Crippen LogP contribution in [-0.4, -0.2) is 61.4 Å². The zero-order valence-corrected chi connectivity index (χ0v) is 23.4. The quantitative estimate of drug-likeness (QED) is 0.381. The number of fused-ring (bicyclic) bond motifs is 2. The fourth-order valence-corrected chi connectivity index (χ4v) is 6.27. The van der Waals surface area contributed by atoms with Gasteiger partial charge in [-0.15, -0.1) is 0 Å². The fraction of sp³-hybridized carbons (Fsp3) is 0.438. The first-order chi connectivity index (χ1) is 20.5. The first-order valence-corrected chi connectivity index (χ1v) is 14.8. The summed E-state index contributed by atoms with van der Waals surface area (Å²) in [5, 5.41) is 12.1. The lowest BCUT2D eigenvalue weighted by Gasteiger charge is -2.33. The van der Waals surface area contributed by atoms with Gasteiger partial charge in [-0.3, -0.25) is 19.2 Å². The first-order valence-electron chi connectivity index (χ1n) is 14.8. The summed E-state index contributed by atoms with van der Waals surface area (Å²) in [7, 11) is 0. The van der Waals surface area contributed by atoms with Crippen molar-refractivity contribution >= 4 is 23.5 Å². The van der Waals surface area contributed by atoms with Crippen molar-refractivity contribution in [2.24, 2.45) is 5.92 Å². The van der Waals surface area contributed by atoms with E-state index in [0.29, 0.717) is 42.5 Å². The van der Waals surface area contributed by atoms with E-state index in [9.17, 15) is 19.2 Å². The predicted molar refractivity (Wildman–Crippen MR) is 154 cm³/mol. The summed E-state index contributed by atoms with van der Waals surface area (Å²) in [6, 6.07) is 12.6. The lowest BCUT2D eigenvalue weighted by Crippen LogP contribution is -2.55. The highest BCUT2D eigenvalue weighted by Gasteiger charge is 2.44. The Morgan fingerprint density at radius 2 is 1.71 bits per heavy atom. The average molecular weight is 573 g/mol. The Morgan fingerprint density at radius 3 is 2.50 bits per heavy atom. The van der Waals surface area contributed by atoms with Crippen molar-refractivity contribution in [2.75, 3.05) is 19.8 Å². The number of carbonyl (C=O) groups is 4. The van der Waals surface area contributed by atoms with Gasteiger partial charge in [0.2, 0.25) is 17.6 Å². The zero-order chi connectivity index (χ0) is 29.1. The average Bonchev–Trinajstić information content (AvgIpc) is 3.39. The van der Waals surface area contributed by atoms with Crippen LogP contribution in [0.25, 0.3) is 0 Å². The molecule has 0 spiro atoms. The molecule has 3 atom stereocenters. The smallest absolute Gasteiger partial charge is 0.252 e. The maximum Gasteiger partial charge on any atom is 0.252 e. The predicted octanol–water partition coefficient (Wildman–Crippen LogP) is 2.18. The summed E-state index contributed by atoms with van der Waals surface area (Å²) in [5.74, 6) is -0.717. The molecule has 220 valence electrons. The Balaban J connectivity index is 1.21. The van der Waals surface area contributed by atoms with E-state index < -0.39 is 29.8 Å². The molecule has 0 bridgehead atoms. The third-order valence-corrected chi connectivity index (χ3v) is 8.52. The van der Waals surface area contributed by atoms with Crippen LogP contribution in [0, 0.1) is 5.92 Å². The molecule has 2 aliphatic heterocycles. The molecule has 1 saturated carbocycles. The lowest BCUT2D eigenvalue weighted by atomic mass is 9.82. The molecule has 2 fully saturated rings. The number of carbonyl (C=O) groups excluding carboxylic acids is 4. The van der Waals surface area contributed by atoms with Crippen LogP contribution in [0.4, 0.5) is 0 Å². The fourth-order valence-electron chi connectivity index (χ4n) is 6.27. The minimum absolute atomic E-state index is 0.132. The van der Waals surface area contributed by atoms with Crippen LogP contribution in [0.2, 0.25) is 0 Å². The molecule has 1 saturated heterocycles. The number of amides is 3. The largest absolute Gasteiger partial charge is 0.486 e. The van der Waals surface area contributed by atoms with Crippen LogP contribution in [-0.2, 0) is 20.8 Å². The number of hydrogen-bond acceptors (Lipinski definition) is 7. The van der Waals surface area contributed by atoms with E-state index in [2.05, 4.69) is 21.3 Å². The Morgan fingerprint density at radius 1 is 0.952 bits per heavy atom. The maximum atomic E-state index is 13.8. The molecule has 2 aromatic rings. The van der Waals surface area contributed by atoms with Crippen molar-refractivity contribution < 1.29 is 28.7 Å². The van der Waals surface area contributed by atoms with Crippen molar-refractivity contribution in [1.29, 1.82) is 0 Å². The maximum absolute atomic E-state index is 13.8. The van der Waals surface area contributed by atoms with E-state index in [4.69, 9.17) is 9.47 Å². The molecule has 4 aliphatic rings. The van der Waals surface area contributed by atoms with E-state index in [1.54, 1.807) is 18.2 Å². The van der Waals surface area contributed by atoms with Gasteiger partial charge < -0.3 is 30.7 Å². The number of Topliss-reactive ketones (excluding diaryl/α,β-unsaturated/α-hetero) is 1. The van der Waals surface area contributed by atoms with Gasteiger partial charge in [-0.05, 0) is 48.6 Å². The van der Waals surface area contributed by atoms with Crippen molar-refractivity contribution in [3.8, 4) is 11.5 Å². The highest BCUT2D eigenvalue weighted by atomic mass is 16.6. The first kappa shape index (κ1) is 27.8. The number of benzene rings is 2. The van der Waals surface area contributed by atoms with Crippen LogP contribution < -0.4 is 30.7 Å². The van der Waals surface area contributed by atoms with Crippen LogP contribution >= 0.6 is 0 Å². The highest BCUT2D eigenvalue weighted by molar-refractivity contribution is 6.06. The number of rotatable bonds is 8. The normalized spacial score (nSPS) is 22.6. The zero-order valence-electron chi connectivity index (χ0n) is 23.4. The van der Waals surface area contributed by atoms with Gasteiger partial charge in [-0.2, -0.15) is 0 Å². The van der Waals surface area contributed by atoms with Crippen LogP contribution in [0.3, 0.4) is 0 Å². The van der Waals surface area contributed by atoms with Crippen molar-refractivity contribution in [3.63, 3.8) is 0 Å². The molecule has 0 radical (unpaired) electrons. The molecule has 6 rings (SSSR count). The lowest BCUT2D eigenvalue weighted by molar-refractivity contribution is -0.129. The number of ether oxygens (including phenoxy) is 2. The van der Waals surface area contributed by atoms with Crippen molar-refractivity contribution in [2.45, 2.75) is 63.1 Å². The summed E-state index contributed by atoms with van der Waals surface area (Å²) in [4.78, 5) is 53.6. The summed E-state index contributed by atoms with van der Waals surface area (Å²) >= 11 is 0. The summed E-state index contributed by atoms with van der Waals surface area (Å²) in [6.07, 6.45) is 5.73. The standard InChI is InChI=1S/C32H36N4O6/c37-29-24(17-22-23(18-33-31(22)39)28(29)34-21-9-5-2-6-10-21)35-32(40)25(15-19-7-3-1-4-8-19)36-30(38)20-11-12-26-27(16-20)42-14-13-41-26/h1,3-4,7-8,11-12,16,21-22,24-25,34H,2,5-6,9-10,13-15,17-18H2,(H,33,39)(H,35,40)(H,36,38)/t22-,24+,25-/m1/s1. The molecular formula is C32H36N4O6. The molecule has 2 aliphatic carbocycles. The van der Waals surface area contributed by atoms with Gasteiger partial charge in [0, 0.05) is 24.6 Å². The van der Waals surface area contributed by atoms with Gasteiger partial charge >= 0.3 is 0 Å². The highest BCUT2D eigenvalue weighted by Crippen LogP contribution is 2.33. The molecule has 0 unspecified atom stereocenters. The summed E-state index contributed by atoms with van der Waals surface area (Å²) in [5.41, 5.74) is 2.43. The Bertz CT molecular complexity index is 1400. The van der Waals surface area contributed by atoms with Crippen LogP contribution in [0.15, 0.2) is 59.8 Å². The second-order valence-corrected chi connectivity index (χ2v) is 11.4. The minimum Gasteiger partial charge on any atom is -0.486 e. The molecular weight excluding hydrogens is 536 g/mol. The van der Waals surface area contributed by atoms with Crippen LogP contribution in [0.5, 0.6) is 11.5 Å². The van der Waals surface area contributed by atoms with E-state index in [1.807, 2.05) is 30.3 Å². The number of nitrogens with one attached hydrogen (secondary N) is 4. The third-order valence-electron chi connectivity index (χ3n) is 8.52. The van der Waals surface area contributed by atoms with Gasteiger partial charge in [0.1, 0.15) is 19.3 Å². The van der Waals surface area contributed by atoms with E-state index in [1.165, 1.54) is 6.42 Å². The minimum atomic E-state index is -0.960. The van der Waals surface area contributed by atoms with Gasteiger partial charge in [0.05, 0.1) is 17.7 Å². The third kappa shape index (κ3) is 5.98. The molecule has 0 aromatic heterocycles. The summed E-state index contributed by atoms with van der Waals surface area (Å²) < 4.78 is 11.2. The van der Waals surface area contributed by atoms with Gasteiger partial charge in [0.25, 0.3) is 5.91 Å². The molecule has 42 heavy (non-hydrogen) atoms. The topological polar surface area (TPSA) is 135 Å². The molecule has 2 aromatic carbocycles. The molecule has 10 heteroatoms. The van der Waals surface area contributed by atoms with Crippen LogP contribution in [0.1, 0.15) is 54.4 Å². The molecule has 3 amide bonds. The second-order valence-electron chi connectivity index (χ2n) is 11.4. The summed E-state index contributed by atoms with van der Waals surface area (Å²) in [6.45, 7) is 1.17. The molecule has 4 N–H and O–H groups in total. The SMILES string of the molecule is O=C(N[C@H](Cc1ccccc1)C(=O)N[C@H]1C[C@H]2C(=O)NCC2=C(NC2CCCCC2)C1=O)c1ccc2c(c1)OCCO2. The van der Waals surface area contributed by atoms with E-state index >= 15 is 0 Å². The monoisotopic (exact) mass is 572 g/mol. The molecule has 10 nitrogen and oxygen atoms in total. The van der Waals surface area contributed by atoms with E-state index in [-0.39, 0.29) is 30.6 Å². The van der Waals surface area contributed by atoms with Crippen molar-refractivity contribution in [3.05, 3.63) is 70.9 Å². The number of ketones is 1. The van der Waals surface area contributed by atoms with Gasteiger partial charge in [-0.1, -0.05) is 49.6 Å². The molecule has 2 heterocycles. The van der Waals surface area contributed by atoms with Gasteiger partial charge in [0.15, 0.2) is 11.5 Å². The Kier molecular flexibility index (Phi) is 8.12. The van der Waals surface area contributed by atoms with Gasteiger partial charge in [-0.25, -0.2) is 0 Å². The number of hydrogen-bond donors (Lipinski definition) is 4. The second kappa shape index (κ2) is 12.3. The van der Waals surface area contributed by atoms with E-state index in [0.717, 1.165) is 36.8 Å². The Labute approximate surface area is 244 Å². The Hall–Kier alpha value is -4.34. The van der Waals surface area contributed by atoms with Crippen molar-refractivity contribution in [1.82, 2.24) is 21.3 Å².